The van der Waals surface area contributed by atoms with Crippen LogP contribution in [0.2, 0.25) is 0 Å². The number of benzene rings is 1. The summed E-state index contributed by atoms with van der Waals surface area (Å²) in [6, 6.07) is 9.92. The lowest BCUT2D eigenvalue weighted by atomic mass is 9.87. The first-order valence-electron chi connectivity index (χ1n) is 8.58. The minimum Gasteiger partial charge on any atom is -0.303 e. The van der Waals surface area contributed by atoms with Gasteiger partial charge in [-0.3, -0.25) is 14.6 Å². The second kappa shape index (κ2) is 6.20. The molecule has 6 nitrogen and oxygen atoms in total. The summed E-state index contributed by atoms with van der Waals surface area (Å²) in [5, 5.41) is 14.6. The Labute approximate surface area is 146 Å². The molecule has 0 fully saturated rings. The summed E-state index contributed by atoms with van der Waals surface area (Å²) in [5.74, 6) is 0.924. The van der Waals surface area contributed by atoms with Crippen LogP contribution in [0.3, 0.4) is 0 Å². The number of hydrogen-bond acceptors (Lipinski definition) is 3. The van der Waals surface area contributed by atoms with E-state index in [-0.39, 0.29) is 5.91 Å². The summed E-state index contributed by atoms with van der Waals surface area (Å²) in [4.78, 5) is 12.8. The van der Waals surface area contributed by atoms with Gasteiger partial charge >= 0.3 is 0 Å². The van der Waals surface area contributed by atoms with Gasteiger partial charge in [0.25, 0.3) is 5.91 Å². The lowest BCUT2D eigenvalue weighted by molar-refractivity contribution is 0.102. The third-order valence-electron chi connectivity index (χ3n) is 4.75. The zero-order chi connectivity index (χ0) is 17.4. The Morgan fingerprint density at radius 1 is 1.32 bits per heavy atom. The number of amides is 1. The molecule has 1 atom stereocenters. The van der Waals surface area contributed by atoms with Gasteiger partial charge in [0.15, 0.2) is 11.5 Å². The van der Waals surface area contributed by atoms with Crippen LogP contribution in [0.1, 0.15) is 35.1 Å². The summed E-state index contributed by atoms with van der Waals surface area (Å²) in [6.07, 6.45) is 4.89. The fourth-order valence-electron chi connectivity index (χ4n) is 3.43. The lowest BCUT2D eigenvalue weighted by Gasteiger charge is -2.17. The topological polar surface area (TPSA) is 75.6 Å². The zero-order valence-corrected chi connectivity index (χ0v) is 14.4. The molecule has 3 aromatic rings. The molecule has 2 heterocycles. The summed E-state index contributed by atoms with van der Waals surface area (Å²) in [6.45, 7) is 2.21. The number of aromatic nitrogens is 4. The summed E-state index contributed by atoms with van der Waals surface area (Å²) < 4.78 is 1.71. The molecule has 0 saturated carbocycles. The Morgan fingerprint density at radius 3 is 2.92 bits per heavy atom. The fourth-order valence-corrected chi connectivity index (χ4v) is 3.43. The maximum Gasteiger partial charge on any atom is 0.277 e. The Balaban J connectivity index is 1.64. The maximum atomic E-state index is 12.8. The second-order valence-electron chi connectivity index (χ2n) is 6.76. The number of rotatable bonds is 3. The SMILES string of the molecule is CC1CCc2[nH]nc(C(=O)Nc3nn(C)cc3-c3ccccc3)c2C1. The van der Waals surface area contributed by atoms with Gasteiger partial charge in [-0.15, -0.1) is 0 Å². The van der Waals surface area contributed by atoms with Crippen LogP contribution >= 0.6 is 0 Å². The van der Waals surface area contributed by atoms with Crippen molar-refractivity contribution < 1.29 is 4.79 Å². The van der Waals surface area contributed by atoms with Gasteiger partial charge in [0.2, 0.25) is 0 Å². The molecule has 0 bridgehead atoms. The molecule has 0 radical (unpaired) electrons. The number of aryl methyl sites for hydroxylation is 2. The molecular formula is C19H21N5O. The van der Waals surface area contributed by atoms with Crippen LogP contribution in [-0.4, -0.2) is 25.9 Å². The van der Waals surface area contributed by atoms with E-state index in [0.29, 0.717) is 17.4 Å². The number of H-pyrrole nitrogens is 1. The van der Waals surface area contributed by atoms with E-state index in [0.717, 1.165) is 41.6 Å². The van der Waals surface area contributed by atoms with Gasteiger partial charge < -0.3 is 5.32 Å². The van der Waals surface area contributed by atoms with Crippen LogP contribution in [0.4, 0.5) is 5.82 Å². The molecule has 128 valence electrons. The average Bonchev–Trinajstić information content (AvgIpc) is 3.18. The molecule has 4 rings (SSSR count). The van der Waals surface area contributed by atoms with Gasteiger partial charge in [-0.2, -0.15) is 10.2 Å². The molecule has 6 heteroatoms. The number of carbonyl (C=O) groups is 1. The highest BCUT2D eigenvalue weighted by molar-refractivity contribution is 6.05. The summed E-state index contributed by atoms with van der Waals surface area (Å²) in [5.41, 5.74) is 4.55. The van der Waals surface area contributed by atoms with Crippen molar-refractivity contribution in [1.29, 1.82) is 0 Å². The highest BCUT2D eigenvalue weighted by Crippen LogP contribution is 2.29. The van der Waals surface area contributed by atoms with Crippen molar-refractivity contribution in [2.45, 2.75) is 26.2 Å². The van der Waals surface area contributed by atoms with E-state index >= 15 is 0 Å². The first kappa shape index (κ1) is 15.6. The molecule has 1 aliphatic carbocycles. The standard InChI is InChI=1S/C19H21N5O/c1-12-8-9-16-14(10-12)17(22-21-16)19(25)20-18-15(11-24(2)23-18)13-6-4-3-5-7-13/h3-7,11-12H,8-10H2,1-2H3,(H,21,22)(H,20,23,25). The van der Waals surface area contributed by atoms with E-state index in [1.807, 2.05) is 43.6 Å². The number of hydrogen-bond donors (Lipinski definition) is 2. The van der Waals surface area contributed by atoms with Crippen LogP contribution < -0.4 is 5.32 Å². The van der Waals surface area contributed by atoms with Crippen molar-refractivity contribution in [1.82, 2.24) is 20.0 Å². The fraction of sp³-hybridized carbons (Fsp3) is 0.316. The van der Waals surface area contributed by atoms with Crippen molar-refractivity contribution in [3.8, 4) is 11.1 Å². The van der Waals surface area contributed by atoms with Gasteiger partial charge in [-0.25, -0.2) is 0 Å². The third-order valence-corrected chi connectivity index (χ3v) is 4.75. The van der Waals surface area contributed by atoms with E-state index in [2.05, 4.69) is 27.5 Å². The van der Waals surface area contributed by atoms with Crippen molar-refractivity contribution in [3.63, 3.8) is 0 Å². The van der Waals surface area contributed by atoms with E-state index < -0.39 is 0 Å². The number of carbonyl (C=O) groups excluding carboxylic acids is 1. The van der Waals surface area contributed by atoms with Crippen LogP contribution in [0.15, 0.2) is 36.5 Å². The third kappa shape index (κ3) is 2.95. The van der Waals surface area contributed by atoms with E-state index in [9.17, 15) is 4.79 Å². The molecular weight excluding hydrogens is 314 g/mol. The Kier molecular flexibility index (Phi) is 3.87. The van der Waals surface area contributed by atoms with Gasteiger partial charge in [-0.1, -0.05) is 37.3 Å². The van der Waals surface area contributed by atoms with Crippen LogP contribution in [0.5, 0.6) is 0 Å². The number of nitrogens with one attached hydrogen (secondary N) is 2. The summed E-state index contributed by atoms with van der Waals surface area (Å²) in [7, 11) is 1.85. The van der Waals surface area contributed by atoms with Gasteiger partial charge in [0.05, 0.1) is 0 Å². The molecule has 1 aliphatic rings. The largest absolute Gasteiger partial charge is 0.303 e. The van der Waals surface area contributed by atoms with Crippen molar-refractivity contribution >= 4 is 11.7 Å². The quantitative estimate of drug-likeness (QED) is 0.772. The van der Waals surface area contributed by atoms with Crippen molar-refractivity contribution in [3.05, 3.63) is 53.5 Å². The second-order valence-corrected chi connectivity index (χ2v) is 6.76. The first-order chi connectivity index (χ1) is 12.1. The lowest BCUT2D eigenvalue weighted by Crippen LogP contribution is -2.18. The first-order valence-corrected chi connectivity index (χ1v) is 8.58. The minimum absolute atomic E-state index is 0.206. The average molecular weight is 335 g/mol. The molecule has 0 spiro atoms. The van der Waals surface area contributed by atoms with E-state index in [1.54, 1.807) is 4.68 Å². The molecule has 1 aromatic carbocycles. The Hall–Kier alpha value is -2.89. The number of aromatic amines is 1. The number of anilines is 1. The van der Waals surface area contributed by atoms with Crippen LogP contribution in [0, 0.1) is 5.92 Å². The smallest absolute Gasteiger partial charge is 0.277 e. The number of nitrogens with zero attached hydrogens (tertiary/aromatic N) is 3. The molecule has 0 aliphatic heterocycles. The van der Waals surface area contributed by atoms with Crippen LogP contribution in [-0.2, 0) is 19.9 Å². The minimum atomic E-state index is -0.206. The number of fused-ring (bicyclic) bond motifs is 1. The normalized spacial score (nSPS) is 16.5. The zero-order valence-electron chi connectivity index (χ0n) is 14.4. The van der Waals surface area contributed by atoms with Crippen molar-refractivity contribution in [2.24, 2.45) is 13.0 Å². The van der Waals surface area contributed by atoms with Gasteiger partial charge in [0.1, 0.15) is 0 Å². The predicted octanol–water partition coefficient (Wildman–Crippen LogP) is 3.19. The van der Waals surface area contributed by atoms with Gasteiger partial charge in [-0.05, 0) is 30.7 Å². The molecule has 25 heavy (non-hydrogen) atoms. The maximum absolute atomic E-state index is 12.8. The highest BCUT2D eigenvalue weighted by Gasteiger charge is 2.25. The molecule has 1 unspecified atom stereocenters. The van der Waals surface area contributed by atoms with E-state index in [4.69, 9.17) is 0 Å². The molecule has 0 saturated heterocycles. The van der Waals surface area contributed by atoms with E-state index in [1.165, 1.54) is 0 Å². The highest BCUT2D eigenvalue weighted by atomic mass is 16.2. The molecule has 1 amide bonds. The molecule has 2 N–H and O–H groups in total. The molecule has 2 aromatic heterocycles. The Bertz CT molecular complexity index is 909. The monoisotopic (exact) mass is 335 g/mol. The predicted molar refractivity (Wildman–Crippen MR) is 96.4 cm³/mol. The summed E-state index contributed by atoms with van der Waals surface area (Å²) >= 11 is 0. The van der Waals surface area contributed by atoms with Crippen molar-refractivity contribution in [2.75, 3.05) is 5.32 Å². The Morgan fingerprint density at radius 2 is 2.12 bits per heavy atom. The van der Waals surface area contributed by atoms with Gasteiger partial charge in [0, 0.05) is 30.1 Å². The van der Waals surface area contributed by atoms with Crippen LogP contribution in [0.25, 0.3) is 11.1 Å².